The van der Waals surface area contributed by atoms with Crippen molar-refractivity contribution in [3.8, 4) is 0 Å². The Morgan fingerprint density at radius 1 is 1.56 bits per heavy atom. The smallest absolute Gasteiger partial charge is 0.00265 e. The quantitative estimate of drug-likeness (QED) is 0.519. The maximum Gasteiger partial charge on any atom is -0.00265 e. The van der Waals surface area contributed by atoms with Crippen LogP contribution in [-0.4, -0.2) is 0 Å². The molecule has 0 radical (unpaired) electrons. The number of nitrogens with two attached hydrogens (primary N) is 1. The highest BCUT2D eigenvalue weighted by molar-refractivity contribution is 5.33. The normalized spacial score (nSPS) is 22.3. The minimum Gasteiger partial charge on any atom is -0.404 e. The van der Waals surface area contributed by atoms with E-state index in [0.717, 1.165) is 6.42 Å². The Balaban J connectivity index is 2.70. The minimum atomic E-state index is 0.985. The molecule has 2 N–H and O–H groups in total. The molecule has 0 aromatic rings. The zero-order chi connectivity index (χ0) is 6.69. The van der Waals surface area contributed by atoms with Crippen molar-refractivity contribution in [3.63, 3.8) is 0 Å². The van der Waals surface area contributed by atoms with Crippen molar-refractivity contribution in [3.05, 3.63) is 35.6 Å². The first-order chi connectivity index (χ1) is 4.33. The molecule has 1 heteroatoms. The summed E-state index contributed by atoms with van der Waals surface area (Å²) in [6.07, 6.45) is 8.93. The minimum absolute atomic E-state index is 0.985. The standard InChI is InChI=1S/C8H11N/c1-7-2-4-8(6-9)5-3-7/h2-4,6H,5,9H2,1H3. The molecule has 0 aliphatic heterocycles. The lowest BCUT2D eigenvalue weighted by Gasteiger charge is -2.02. The fourth-order valence-electron chi connectivity index (χ4n) is 0.777. The molecule has 0 aromatic carbocycles. The summed E-state index contributed by atoms with van der Waals surface area (Å²) >= 11 is 0. The Kier molecular flexibility index (Phi) is 1.73. The summed E-state index contributed by atoms with van der Waals surface area (Å²) in [6.45, 7) is 2.09. The molecule has 48 valence electrons. The Labute approximate surface area is 55.6 Å². The average molecular weight is 121 g/mol. The van der Waals surface area contributed by atoms with Gasteiger partial charge in [-0.15, -0.1) is 0 Å². The third-order valence-electron chi connectivity index (χ3n) is 1.43. The van der Waals surface area contributed by atoms with Crippen molar-refractivity contribution in [2.45, 2.75) is 13.3 Å². The van der Waals surface area contributed by atoms with Crippen molar-refractivity contribution in [2.75, 3.05) is 0 Å². The van der Waals surface area contributed by atoms with Crippen molar-refractivity contribution in [1.82, 2.24) is 0 Å². The summed E-state index contributed by atoms with van der Waals surface area (Å²) in [5.74, 6) is 0. The van der Waals surface area contributed by atoms with Gasteiger partial charge in [-0.05, 0) is 25.1 Å². The SMILES string of the molecule is CC1=CCC(=CN)C=C1. The zero-order valence-electron chi connectivity index (χ0n) is 5.59. The lowest BCUT2D eigenvalue weighted by molar-refractivity contribution is 1.20. The first kappa shape index (κ1) is 6.14. The molecule has 0 spiro atoms. The van der Waals surface area contributed by atoms with E-state index in [-0.39, 0.29) is 0 Å². The molecular weight excluding hydrogens is 110 g/mol. The van der Waals surface area contributed by atoms with Gasteiger partial charge in [0.05, 0.1) is 0 Å². The molecule has 0 unspecified atom stereocenters. The molecule has 0 saturated carbocycles. The zero-order valence-corrected chi connectivity index (χ0v) is 5.59. The van der Waals surface area contributed by atoms with Gasteiger partial charge in [0.2, 0.25) is 0 Å². The number of rotatable bonds is 0. The predicted octanol–water partition coefficient (Wildman–Crippen LogP) is 1.74. The van der Waals surface area contributed by atoms with Crippen LogP contribution in [0.15, 0.2) is 35.6 Å². The first-order valence-electron chi connectivity index (χ1n) is 3.08. The molecule has 0 bridgehead atoms. The molecule has 1 aliphatic carbocycles. The second-order valence-corrected chi connectivity index (χ2v) is 2.23. The Bertz CT molecular complexity index is 185. The molecular formula is C8H11N. The van der Waals surface area contributed by atoms with E-state index in [9.17, 15) is 0 Å². The van der Waals surface area contributed by atoms with Crippen LogP contribution in [0.1, 0.15) is 13.3 Å². The van der Waals surface area contributed by atoms with Gasteiger partial charge >= 0.3 is 0 Å². The molecule has 0 amide bonds. The number of hydrogen-bond donors (Lipinski definition) is 1. The van der Waals surface area contributed by atoms with Gasteiger partial charge in [0.25, 0.3) is 0 Å². The average Bonchev–Trinajstić information content (AvgIpc) is 1.90. The van der Waals surface area contributed by atoms with Crippen LogP contribution in [0.5, 0.6) is 0 Å². The Morgan fingerprint density at radius 2 is 2.33 bits per heavy atom. The van der Waals surface area contributed by atoms with Crippen LogP contribution in [0.3, 0.4) is 0 Å². The second kappa shape index (κ2) is 2.53. The van der Waals surface area contributed by atoms with E-state index in [4.69, 9.17) is 5.73 Å². The second-order valence-electron chi connectivity index (χ2n) is 2.23. The Hall–Kier alpha value is -0.980. The molecule has 0 atom stereocenters. The van der Waals surface area contributed by atoms with Gasteiger partial charge in [0.15, 0.2) is 0 Å². The molecule has 1 aliphatic rings. The monoisotopic (exact) mass is 121 g/mol. The summed E-state index contributed by atoms with van der Waals surface area (Å²) in [4.78, 5) is 0. The maximum absolute atomic E-state index is 5.31. The maximum atomic E-state index is 5.31. The van der Waals surface area contributed by atoms with E-state index >= 15 is 0 Å². The summed E-state index contributed by atoms with van der Waals surface area (Å²) in [5, 5.41) is 0. The summed E-state index contributed by atoms with van der Waals surface area (Å²) in [7, 11) is 0. The van der Waals surface area contributed by atoms with Crippen LogP contribution in [0.2, 0.25) is 0 Å². The van der Waals surface area contributed by atoms with Crippen molar-refractivity contribution in [1.29, 1.82) is 0 Å². The fourth-order valence-corrected chi connectivity index (χ4v) is 0.777. The van der Waals surface area contributed by atoms with Crippen LogP contribution < -0.4 is 5.73 Å². The Morgan fingerprint density at radius 3 is 2.78 bits per heavy atom. The largest absolute Gasteiger partial charge is 0.404 e. The van der Waals surface area contributed by atoms with Crippen LogP contribution in [0.4, 0.5) is 0 Å². The molecule has 9 heavy (non-hydrogen) atoms. The van der Waals surface area contributed by atoms with E-state index in [1.807, 2.05) is 0 Å². The van der Waals surface area contributed by atoms with E-state index in [1.54, 1.807) is 6.20 Å². The highest BCUT2D eigenvalue weighted by atomic mass is 14.5. The van der Waals surface area contributed by atoms with Crippen LogP contribution >= 0.6 is 0 Å². The van der Waals surface area contributed by atoms with Crippen molar-refractivity contribution >= 4 is 0 Å². The molecule has 0 heterocycles. The van der Waals surface area contributed by atoms with Crippen molar-refractivity contribution < 1.29 is 0 Å². The number of allylic oxidation sites excluding steroid dienone is 5. The third-order valence-corrected chi connectivity index (χ3v) is 1.43. The summed E-state index contributed by atoms with van der Waals surface area (Å²) in [5.41, 5.74) is 7.82. The first-order valence-corrected chi connectivity index (χ1v) is 3.08. The summed E-state index contributed by atoms with van der Waals surface area (Å²) in [6, 6.07) is 0. The lowest BCUT2D eigenvalue weighted by atomic mass is 10.0. The van der Waals surface area contributed by atoms with Crippen LogP contribution in [0, 0.1) is 0 Å². The van der Waals surface area contributed by atoms with Crippen molar-refractivity contribution in [2.24, 2.45) is 5.73 Å². The van der Waals surface area contributed by atoms with E-state index in [0.29, 0.717) is 0 Å². The fraction of sp³-hybridized carbons (Fsp3) is 0.250. The van der Waals surface area contributed by atoms with Crippen LogP contribution in [-0.2, 0) is 0 Å². The lowest BCUT2D eigenvalue weighted by Crippen LogP contribution is -1.88. The van der Waals surface area contributed by atoms with Crippen LogP contribution in [0.25, 0.3) is 0 Å². The van der Waals surface area contributed by atoms with Gasteiger partial charge in [-0.25, -0.2) is 0 Å². The molecule has 1 rings (SSSR count). The van der Waals surface area contributed by atoms with Gasteiger partial charge < -0.3 is 5.73 Å². The summed E-state index contributed by atoms with van der Waals surface area (Å²) < 4.78 is 0. The van der Waals surface area contributed by atoms with Gasteiger partial charge in [-0.1, -0.05) is 23.8 Å². The van der Waals surface area contributed by atoms with Gasteiger partial charge in [0.1, 0.15) is 0 Å². The van der Waals surface area contributed by atoms with E-state index in [1.165, 1.54) is 11.1 Å². The van der Waals surface area contributed by atoms with Gasteiger partial charge in [0, 0.05) is 0 Å². The topological polar surface area (TPSA) is 26.0 Å². The highest BCUT2D eigenvalue weighted by Crippen LogP contribution is 2.12. The van der Waals surface area contributed by atoms with Gasteiger partial charge in [-0.3, -0.25) is 0 Å². The molecule has 0 aromatic heterocycles. The molecule has 1 nitrogen and oxygen atoms in total. The van der Waals surface area contributed by atoms with Gasteiger partial charge in [-0.2, -0.15) is 0 Å². The molecule has 0 fully saturated rings. The predicted molar refractivity (Wildman–Crippen MR) is 39.8 cm³/mol. The molecule has 0 saturated heterocycles. The third kappa shape index (κ3) is 1.46. The number of hydrogen-bond acceptors (Lipinski definition) is 1. The van der Waals surface area contributed by atoms with E-state index < -0.39 is 0 Å². The van der Waals surface area contributed by atoms with E-state index in [2.05, 4.69) is 25.2 Å². The highest BCUT2D eigenvalue weighted by Gasteiger charge is 1.94.